The number of nitrogens with zero attached hydrogens (tertiary/aromatic N) is 1. The van der Waals surface area contributed by atoms with Gasteiger partial charge in [-0.15, -0.1) is 0 Å². The molecule has 2 rings (SSSR count). The number of carbonyl (C=O) groups excluding carboxylic acids is 1. The highest BCUT2D eigenvalue weighted by Crippen LogP contribution is 2.48. The molecule has 0 bridgehead atoms. The summed E-state index contributed by atoms with van der Waals surface area (Å²) in [5.41, 5.74) is 0.747. The third-order valence-electron chi connectivity index (χ3n) is 6.00. The van der Waals surface area contributed by atoms with Crippen LogP contribution in [0, 0.1) is 35.5 Å². The van der Waals surface area contributed by atoms with Crippen LogP contribution in [0.4, 0.5) is 0 Å². The molecule has 24 heavy (non-hydrogen) atoms. The number of amides is 1. The van der Waals surface area contributed by atoms with Gasteiger partial charge in [0.05, 0.1) is 6.10 Å². The summed E-state index contributed by atoms with van der Waals surface area (Å²) >= 11 is 0. The molecule has 0 heterocycles. The molecule has 134 valence electrons. The van der Waals surface area contributed by atoms with Gasteiger partial charge >= 0.3 is 0 Å². The number of aliphatic hydroxyl groups excluding tert-OH is 1. The maximum atomic E-state index is 11.9. The van der Waals surface area contributed by atoms with Gasteiger partial charge in [-0.2, -0.15) is 0 Å². The summed E-state index contributed by atoms with van der Waals surface area (Å²) < 4.78 is 0. The molecule has 7 atom stereocenters. The first-order valence-corrected chi connectivity index (χ1v) is 9.17. The standard InChI is InChI=1S/C21H33NO2/c1-13-10-11-17-12-15(3)20(23)16(4)19(17)18(13)9-7-8-14(2)21(24)22(5)6/h7-11,13,15-20,23H,12H2,1-6H3/b9-7+,14-8+/t13-,15+,16-,17-,18-,19-,20-/m0/s1. The minimum absolute atomic E-state index is 0.0457. The van der Waals surface area contributed by atoms with Gasteiger partial charge in [0.2, 0.25) is 5.91 Å². The van der Waals surface area contributed by atoms with Crippen molar-refractivity contribution in [2.24, 2.45) is 35.5 Å². The SMILES string of the molecule is C/C(=C\C=C\[C@@H]1[C@H]2[C@H](C)[C@@H](O)[C@H](C)C[C@@H]2C=C[C@@H]1C)C(=O)N(C)C. The molecule has 0 spiro atoms. The Labute approximate surface area is 147 Å². The molecule has 0 radical (unpaired) electrons. The van der Waals surface area contributed by atoms with Crippen molar-refractivity contribution < 1.29 is 9.90 Å². The molecule has 2 aliphatic rings. The zero-order valence-electron chi connectivity index (χ0n) is 15.9. The van der Waals surface area contributed by atoms with Gasteiger partial charge in [0.1, 0.15) is 0 Å². The molecule has 1 N–H and O–H groups in total. The minimum Gasteiger partial charge on any atom is -0.393 e. The van der Waals surface area contributed by atoms with E-state index in [1.807, 2.05) is 19.1 Å². The summed E-state index contributed by atoms with van der Waals surface area (Å²) in [6.07, 6.45) is 11.7. The van der Waals surface area contributed by atoms with Gasteiger partial charge in [0.15, 0.2) is 0 Å². The van der Waals surface area contributed by atoms with Crippen LogP contribution in [0.2, 0.25) is 0 Å². The topological polar surface area (TPSA) is 40.5 Å². The van der Waals surface area contributed by atoms with Gasteiger partial charge < -0.3 is 10.0 Å². The minimum atomic E-state index is -0.214. The Bertz CT molecular complexity index is 546. The van der Waals surface area contributed by atoms with Crippen LogP contribution in [-0.4, -0.2) is 36.1 Å². The first kappa shape index (κ1) is 19.0. The number of likely N-dealkylation sites (N-methyl/N-ethyl adjacent to an activating group) is 1. The third-order valence-corrected chi connectivity index (χ3v) is 6.00. The van der Waals surface area contributed by atoms with Crippen molar-refractivity contribution >= 4 is 5.91 Å². The lowest BCUT2D eigenvalue weighted by atomic mass is 9.58. The monoisotopic (exact) mass is 331 g/mol. The van der Waals surface area contributed by atoms with E-state index in [1.165, 1.54) is 0 Å². The Morgan fingerprint density at radius 1 is 1.21 bits per heavy atom. The second kappa shape index (κ2) is 7.69. The lowest BCUT2D eigenvalue weighted by molar-refractivity contribution is -0.124. The van der Waals surface area contributed by atoms with Crippen molar-refractivity contribution in [2.45, 2.75) is 40.2 Å². The normalized spacial score (nSPS) is 39.8. The van der Waals surface area contributed by atoms with Crippen LogP contribution in [0.3, 0.4) is 0 Å². The number of hydrogen-bond acceptors (Lipinski definition) is 2. The maximum Gasteiger partial charge on any atom is 0.248 e. The van der Waals surface area contributed by atoms with Crippen molar-refractivity contribution in [1.29, 1.82) is 0 Å². The summed E-state index contributed by atoms with van der Waals surface area (Å²) in [5, 5.41) is 10.5. The van der Waals surface area contributed by atoms with E-state index in [-0.39, 0.29) is 12.0 Å². The van der Waals surface area contributed by atoms with Crippen LogP contribution in [0.25, 0.3) is 0 Å². The third kappa shape index (κ3) is 3.83. The van der Waals surface area contributed by atoms with Crippen LogP contribution in [0.1, 0.15) is 34.1 Å². The molecule has 0 aromatic rings. The van der Waals surface area contributed by atoms with Crippen molar-refractivity contribution in [3.05, 3.63) is 36.0 Å². The molecule has 0 aliphatic heterocycles. The van der Waals surface area contributed by atoms with Crippen molar-refractivity contribution in [3.63, 3.8) is 0 Å². The van der Waals surface area contributed by atoms with E-state index >= 15 is 0 Å². The molecule has 3 heteroatoms. The van der Waals surface area contributed by atoms with Crippen molar-refractivity contribution in [3.8, 4) is 0 Å². The second-order valence-electron chi connectivity index (χ2n) is 8.06. The zero-order valence-corrected chi connectivity index (χ0v) is 15.9. The Morgan fingerprint density at radius 3 is 2.50 bits per heavy atom. The molecule has 1 amide bonds. The fourth-order valence-electron chi connectivity index (χ4n) is 4.56. The molecule has 0 aromatic carbocycles. The predicted molar refractivity (Wildman–Crippen MR) is 99.3 cm³/mol. The number of carbonyl (C=O) groups is 1. The van der Waals surface area contributed by atoms with Gasteiger partial charge in [-0.1, -0.05) is 51.2 Å². The Balaban J connectivity index is 2.19. The first-order chi connectivity index (χ1) is 11.2. The highest BCUT2D eigenvalue weighted by atomic mass is 16.3. The van der Waals surface area contributed by atoms with Crippen LogP contribution in [-0.2, 0) is 4.79 Å². The summed E-state index contributed by atoms with van der Waals surface area (Å²) in [6.45, 7) is 8.46. The smallest absolute Gasteiger partial charge is 0.248 e. The summed E-state index contributed by atoms with van der Waals surface area (Å²) in [6, 6.07) is 0. The molecule has 1 fully saturated rings. The summed E-state index contributed by atoms with van der Waals surface area (Å²) in [5.74, 6) is 2.62. The fraction of sp³-hybridized carbons (Fsp3) is 0.667. The average molecular weight is 332 g/mol. The maximum absolute atomic E-state index is 11.9. The van der Waals surface area contributed by atoms with Gasteiger partial charge in [0.25, 0.3) is 0 Å². The van der Waals surface area contributed by atoms with E-state index in [1.54, 1.807) is 19.0 Å². The number of fused-ring (bicyclic) bond motifs is 1. The van der Waals surface area contributed by atoms with Crippen LogP contribution in [0.5, 0.6) is 0 Å². The van der Waals surface area contributed by atoms with E-state index in [0.717, 1.165) is 12.0 Å². The molecule has 1 saturated carbocycles. The van der Waals surface area contributed by atoms with Crippen LogP contribution in [0.15, 0.2) is 36.0 Å². The first-order valence-electron chi connectivity index (χ1n) is 9.17. The van der Waals surface area contributed by atoms with Gasteiger partial charge in [0, 0.05) is 19.7 Å². The molecule has 0 aromatic heterocycles. The molecule has 3 nitrogen and oxygen atoms in total. The quantitative estimate of drug-likeness (QED) is 0.487. The lowest BCUT2D eigenvalue weighted by Crippen LogP contribution is -2.46. The van der Waals surface area contributed by atoms with Crippen LogP contribution < -0.4 is 0 Å². The number of allylic oxidation sites excluding steroid dienone is 5. The molecule has 2 aliphatic carbocycles. The van der Waals surface area contributed by atoms with E-state index in [9.17, 15) is 9.90 Å². The highest BCUT2D eigenvalue weighted by molar-refractivity contribution is 5.92. The van der Waals surface area contributed by atoms with Gasteiger partial charge in [-0.05, 0) is 48.9 Å². The molecular weight excluding hydrogens is 298 g/mol. The number of hydrogen-bond donors (Lipinski definition) is 1. The van der Waals surface area contributed by atoms with Crippen LogP contribution >= 0.6 is 0 Å². The molecular formula is C21H33NO2. The molecule has 0 saturated heterocycles. The Kier molecular flexibility index (Phi) is 6.08. The summed E-state index contributed by atoms with van der Waals surface area (Å²) in [4.78, 5) is 13.5. The van der Waals surface area contributed by atoms with E-state index in [0.29, 0.717) is 35.5 Å². The fourth-order valence-corrected chi connectivity index (χ4v) is 4.56. The number of aliphatic hydroxyl groups is 1. The largest absolute Gasteiger partial charge is 0.393 e. The van der Waals surface area contributed by atoms with Gasteiger partial charge in [-0.25, -0.2) is 0 Å². The van der Waals surface area contributed by atoms with Crippen molar-refractivity contribution in [2.75, 3.05) is 14.1 Å². The zero-order chi connectivity index (χ0) is 18.0. The Hall–Kier alpha value is -1.35. The van der Waals surface area contributed by atoms with Gasteiger partial charge in [-0.3, -0.25) is 4.79 Å². The highest BCUT2D eigenvalue weighted by Gasteiger charge is 2.44. The second-order valence-corrected chi connectivity index (χ2v) is 8.06. The predicted octanol–water partition coefficient (Wildman–Crippen LogP) is 3.67. The average Bonchev–Trinajstić information content (AvgIpc) is 2.53. The van der Waals surface area contributed by atoms with Crippen molar-refractivity contribution in [1.82, 2.24) is 4.90 Å². The number of rotatable bonds is 3. The molecule has 0 unspecified atom stereocenters. The Morgan fingerprint density at radius 2 is 1.88 bits per heavy atom. The van der Waals surface area contributed by atoms with E-state index in [4.69, 9.17) is 0 Å². The summed E-state index contributed by atoms with van der Waals surface area (Å²) in [7, 11) is 3.54. The van der Waals surface area contributed by atoms with E-state index < -0.39 is 0 Å². The lowest BCUT2D eigenvalue weighted by Gasteiger charge is -2.48. The van der Waals surface area contributed by atoms with E-state index in [2.05, 4.69) is 39.0 Å².